The maximum atomic E-state index is 12.5. The molecule has 0 aromatic heterocycles. The van der Waals surface area contributed by atoms with Gasteiger partial charge in [0.2, 0.25) is 12.7 Å². The second kappa shape index (κ2) is 8.10. The second-order valence-electron chi connectivity index (χ2n) is 5.96. The normalized spacial score (nSPS) is 13.4. The molecule has 0 saturated heterocycles. The van der Waals surface area contributed by atoms with Crippen LogP contribution in [0.4, 0.5) is 5.69 Å². The van der Waals surface area contributed by atoms with Gasteiger partial charge in [0.05, 0.1) is 23.1 Å². The molecular weight excluding hydrogens is 374 g/mol. The molecule has 0 spiro atoms. The summed E-state index contributed by atoms with van der Waals surface area (Å²) in [5.41, 5.74) is 2.71. The summed E-state index contributed by atoms with van der Waals surface area (Å²) in [6.45, 7) is 4.02. The zero-order valence-electron chi connectivity index (χ0n) is 14.8. The fourth-order valence-electron chi connectivity index (χ4n) is 2.55. The minimum atomic E-state index is -0.246. The SMILES string of the molecule is COc1ccc(C)cc1NC(=O)[C@@H](C)SCc1cc(Cl)c2c(c1)OCO2. The highest BCUT2D eigenvalue weighted by molar-refractivity contribution is 7.99. The lowest BCUT2D eigenvalue weighted by molar-refractivity contribution is -0.115. The fraction of sp³-hybridized carbons (Fsp3) is 0.316. The van der Waals surface area contributed by atoms with E-state index in [1.165, 1.54) is 11.8 Å². The van der Waals surface area contributed by atoms with Gasteiger partial charge in [0, 0.05) is 5.75 Å². The van der Waals surface area contributed by atoms with Crippen molar-refractivity contribution < 1.29 is 19.0 Å². The monoisotopic (exact) mass is 393 g/mol. The molecular formula is C19H20ClNO4S. The number of hydrogen-bond acceptors (Lipinski definition) is 5. The van der Waals surface area contributed by atoms with Gasteiger partial charge in [-0.2, -0.15) is 0 Å². The van der Waals surface area contributed by atoms with E-state index in [1.807, 2.05) is 44.2 Å². The molecule has 0 saturated carbocycles. The lowest BCUT2D eigenvalue weighted by atomic mass is 10.2. The van der Waals surface area contributed by atoms with Gasteiger partial charge in [-0.05, 0) is 49.2 Å². The van der Waals surface area contributed by atoms with Crippen molar-refractivity contribution in [2.45, 2.75) is 24.9 Å². The number of carbonyl (C=O) groups excluding carboxylic acids is 1. The van der Waals surface area contributed by atoms with Crippen LogP contribution in [0.25, 0.3) is 0 Å². The lowest BCUT2D eigenvalue weighted by Crippen LogP contribution is -2.23. The molecule has 3 rings (SSSR count). The summed E-state index contributed by atoms with van der Waals surface area (Å²) < 4.78 is 16.0. The van der Waals surface area contributed by atoms with Crippen molar-refractivity contribution >= 4 is 35.0 Å². The average Bonchev–Trinajstić information content (AvgIpc) is 3.09. The summed E-state index contributed by atoms with van der Waals surface area (Å²) in [5, 5.41) is 3.22. The molecule has 138 valence electrons. The van der Waals surface area contributed by atoms with Gasteiger partial charge >= 0.3 is 0 Å². The zero-order chi connectivity index (χ0) is 18.7. The Morgan fingerprint density at radius 3 is 2.92 bits per heavy atom. The molecule has 0 unspecified atom stereocenters. The van der Waals surface area contributed by atoms with E-state index in [0.29, 0.717) is 33.7 Å². The number of halogens is 1. The highest BCUT2D eigenvalue weighted by Gasteiger charge is 2.20. The molecule has 5 nitrogen and oxygen atoms in total. The van der Waals surface area contributed by atoms with Gasteiger partial charge in [0.15, 0.2) is 11.5 Å². The molecule has 1 amide bonds. The van der Waals surface area contributed by atoms with Gasteiger partial charge in [-0.25, -0.2) is 0 Å². The van der Waals surface area contributed by atoms with Crippen LogP contribution in [0.3, 0.4) is 0 Å². The van der Waals surface area contributed by atoms with E-state index in [9.17, 15) is 4.79 Å². The van der Waals surface area contributed by atoms with Gasteiger partial charge in [0.25, 0.3) is 0 Å². The predicted octanol–water partition coefficient (Wildman–Crippen LogP) is 4.65. The van der Waals surface area contributed by atoms with E-state index in [2.05, 4.69) is 5.32 Å². The van der Waals surface area contributed by atoms with E-state index < -0.39 is 0 Å². The summed E-state index contributed by atoms with van der Waals surface area (Å²) in [6.07, 6.45) is 0. The van der Waals surface area contributed by atoms with Crippen molar-refractivity contribution in [3.63, 3.8) is 0 Å². The van der Waals surface area contributed by atoms with E-state index >= 15 is 0 Å². The summed E-state index contributed by atoms with van der Waals surface area (Å²) in [6, 6.07) is 9.42. The molecule has 2 aromatic carbocycles. The number of amides is 1. The Morgan fingerprint density at radius 2 is 2.15 bits per heavy atom. The van der Waals surface area contributed by atoms with Crippen molar-refractivity contribution in [3.8, 4) is 17.2 Å². The Morgan fingerprint density at radius 1 is 1.35 bits per heavy atom. The third-order valence-corrected chi connectivity index (χ3v) is 5.46. The Labute approximate surface area is 162 Å². The summed E-state index contributed by atoms with van der Waals surface area (Å²) >= 11 is 7.72. The van der Waals surface area contributed by atoms with E-state index in [0.717, 1.165) is 11.1 Å². The van der Waals surface area contributed by atoms with Crippen molar-refractivity contribution in [3.05, 3.63) is 46.5 Å². The van der Waals surface area contributed by atoms with Crippen molar-refractivity contribution in [1.29, 1.82) is 0 Å². The number of anilines is 1. The van der Waals surface area contributed by atoms with Crippen LogP contribution in [0, 0.1) is 6.92 Å². The number of rotatable bonds is 6. The van der Waals surface area contributed by atoms with Crippen LogP contribution in [-0.2, 0) is 10.5 Å². The lowest BCUT2D eigenvalue weighted by Gasteiger charge is -2.15. The standard InChI is InChI=1S/C19H20ClNO4S/c1-11-4-5-16(23-3)15(6-11)21-19(22)12(2)26-9-13-7-14(20)18-17(8-13)24-10-25-18/h4-8,12H,9-10H2,1-3H3,(H,21,22)/t12-/m1/s1. The van der Waals surface area contributed by atoms with E-state index in [-0.39, 0.29) is 18.0 Å². The van der Waals surface area contributed by atoms with Gasteiger partial charge in [-0.1, -0.05) is 17.7 Å². The number of methoxy groups -OCH3 is 1. The molecule has 0 fully saturated rings. The highest BCUT2D eigenvalue weighted by atomic mass is 35.5. The Kier molecular flexibility index (Phi) is 5.84. The molecule has 0 bridgehead atoms. The van der Waals surface area contributed by atoms with Gasteiger partial charge in [-0.15, -0.1) is 11.8 Å². The van der Waals surface area contributed by atoms with Crippen LogP contribution in [0.2, 0.25) is 5.02 Å². The predicted molar refractivity (Wildman–Crippen MR) is 105 cm³/mol. The average molecular weight is 394 g/mol. The molecule has 1 aliphatic rings. The first-order valence-electron chi connectivity index (χ1n) is 8.13. The van der Waals surface area contributed by atoms with Crippen molar-refractivity contribution in [2.75, 3.05) is 19.2 Å². The quantitative estimate of drug-likeness (QED) is 0.774. The van der Waals surface area contributed by atoms with Gasteiger partial charge < -0.3 is 19.5 Å². The Balaban J connectivity index is 1.62. The summed E-state index contributed by atoms with van der Waals surface area (Å²) in [7, 11) is 1.59. The minimum Gasteiger partial charge on any atom is -0.495 e. The first kappa shape index (κ1) is 18.7. The first-order chi connectivity index (χ1) is 12.5. The smallest absolute Gasteiger partial charge is 0.237 e. The fourth-order valence-corrected chi connectivity index (χ4v) is 3.66. The van der Waals surface area contributed by atoms with Crippen LogP contribution in [0.5, 0.6) is 17.2 Å². The summed E-state index contributed by atoms with van der Waals surface area (Å²) in [4.78, 5) is 12.5. The van der Waals surface area contributed by atoms with Gasteiger partial charge in [-0.3, -0.25) is 4.79 Å². The number of fused-ring (bicyclic) bond motifs is 1. The number of benzene rings is 2. The number of thioether (sulfide) groups is 1. The molecule has 1 N–H and O–H groups in total. The number of ether oxygens (including phenoxy) is 3. The Bertz CT molecular complexity index is 827. The molecule has 0 aliphatic carbocycles. The maximum Gasteiger partial charge on any atom is 0.237 e. The molecule has 7 heteroatoms. The first-order valence-corrected chi connectivity index (χ1v) is 9.55. The van der Waals surface area contributed by atoms with Crippen LogP contribution in [-0.4, -0.2) is 25.1 Å². The van der Waals surface area contributed by atoms with Crippen LogP contribution < -0.4 is 19.5 Å². The van der Waals surface area contributed by atoms with E-state index in [4.69, 9.17) is 25.8 Å². The van der Waals surface area contributed by atoms with Crippen LogP contribution >= 0.6 is 23.4 Å². The van der Waals surface area contributed by atoms with Crippen LogP contribution in [0.1, 0.15) is 18.1 Å². The molecule has 0 radical (unpaired) electrons. The number of nitrogens with one attached hydrogen (secondary N) is 1. The second-order valence-corrected chi connectivity index (χ2v) is 7.69. The topological polar surface area (TPSA) is 56.8 Å². The van der Waals surface area contributed by atoms with Gasteiger partial charge in [0.1, 0.15) is 5.75 Å². The number of hydrogen-bond donors (Lipinski definition) is 1. The molecule has 1 heterocycles. The molecule has 1 atom stereocenters. The van der Waals surface area contributed by atoms with Crippen molar-refractivity contribution in [2.24, 2.45) is 0 Å². The van der Waals surface area contributed by atoms with Crippen molar-refractivity contribution in [1.82, 2.24) is 0 Å². The number of carbonyl (C=O) groups is 1. The third-order valence-electron chi connectivity index (χ3n) is 3.97. The molecule has 2 aromatic rings. The number of aryl methyl sites for hydroxylation is 1. The molecule has 1 aliphatic heterocycles. The van der Waals surface area contributed by atoms with Crippen LogP contribution in [0.15, 0.2) is 30.3 Å². The van der Waals surface area contributed by atoms with E-state index in [1.54, 1.807) is 7.11 Å². The Hall–Kier alpha value is -2.05. The minimum absolute atomic E-state index is 0.0780. The zero-order valence-corrected chi connectivity index (χ0v) is 16.4. The largest absolute Gasteiger partial charge is 0.495 e. The maximum absolute atomic E-state index is 12.5. The third kappa shape index (κ3) is 4.19. The molecule has 26 heavy (non-hydrogen) atoms. The summed E-state index contributed by atoms with van der Waals surface area (Å²) in [5.74, 6) is 2.43. The highest BCUT2D eigenvalue weighted by Crippen LogP contribution is 2.40.